The Labute approximate surface area is 177 Å². The first-order chi connectivity index (χ1) is 13.6. The number of carbonyl (C=O) groups is 1. The van der Waals surface area contributed by atoms with Crippen LogP contribution in [0.15, 0.2) is 24.3 Å². The summed E-state index contributed by atoms with van der Waals surface area (Å²) in [6, 6.07) is 10.7. The van der Waals surface area contributed by atoms with E-state index in [0.717, 1.165) is 22.8 Å². The Bertz CT molecular complexity index is 641. The quantitative estimate of drug-likeness (QED) is 0.287. The SMILES string of the molecule is CCC[CH2][Sn]([CH2]CCC)([CH2]CCC)[CH2]C(C#N)C1CCc2ccccc2C1=O. The molecular weight excluding hydrogens is 449 g/mol. The standard InChI is InChI=1S/C13H12NO.3C4H9.Sn/c1-9(8-14)11-7-6-10-4-2-3-5-12(10)13(11)15;3*1-3-4-2;/h2-5,9,11H,1,6-7H2;3*1,3-4H2,2H3;. The molecule has 0 aliphatic heterocycles. The third kappa shape index (κ3) is 6.09. The summed E-state index contributed by atoms with van der Waals surface area (Å²) >= 11 is -2.42. The monoisotopic (exact) mass is 489 g/mol. The zero-order valence-electron chi connectivity index (χ0n) is 18.3. The summed E-state index contributed by atoms with van der Waals surface area (Å²) in [4.78, 5) is 13.2. The number of aryl methyl sites for hydroxylation is 1. The van der Waals surface area contributed by atoms with Gasteiger partial charge in [0.25, 0.3) is 0 Å². The summed E-state index contributed by atoms with van der Waals surface area (Å²) in [5, 5.41) is 10.1. The number of nitriles is 1. The molecule has 154 valence electrons. The summed E-state index contributed by atoms with van der Waals surface area (Å²) in [5.41, 5.74) is 2.06. The fourth-order valence-electron chi connectivity index (χ4n) is 5.09. The van der Waals surface area contributed by atoms with Crippen molar-refractivity contribution >= 4 is 24.2 Å². The summed E-state index contributed by atoms with van der Waals surface area (Å²) in [6.07, 6.45) is 9.55. The van der Waals surface area contributed by atoms with E-state index in [9.17, 15) is 10.1 Å². The van der Waals surface area contributed by atoms with E-state index < -0.39 is 18.4 Å². The molecule has 2 atom stereocenters. The first kappa shape index (κ1) is 23.5. The Morgan fingerprint density at radius 2 is 1.61 bits per heavy atom. The van der Waals surface area contributed by atoms with Gasteiger partial charge in [0.15, 0.2) is 0 Å². The van der Waals surface area contributed by atoms with Crippen LogP contribution in [0.25, 0.3) is 0 Å². The Hall–Kier alpha value is -0.821. The molecule has 0 N–H and O–H groups in total. The second kappa shape index (κ2) is 12.0. The fraction of sp³-hybridized carbons (Fsp3) is 0.680. The van der Waals surface area contributed by atoms with Gasteiger partial charge in [-0.15, -0.1) is 0 Å². The van der Waals surface area contributed by atoms with Gasteiger partial charge in [-0.05, 0) is 0 Å². The average Bonchev–Trinajstić information content (AvgIpc) is 2.73. The molecule has 0 radical (unpaired) electrons. The van der Waals surface area contributed by atoms with Gasteiger partial charge in [0, 0.05) is 0 Å². The minimum atomic E-state index is -2.42. The molecular formula is C25H39NOSn. The predicted octanol–water partition coefficient (Wildman–Crippen LogP) is 7.42. The molecule has 0 fully saturated rings. The number of Topliss-reactive ketones (excluding diaryl/α,β-unsaturated/α-hetero) is 1. The molecule has 2 unspecified atom stereocenters. The summed E-state index contributed by atoms with van der Waals surface area (Å²) in [7, 11) is 0. The van der Waals surface area contributed by atoms with Crippen molar-refractivity contribution < 1.29 is 4.79 Å². The number of hydrogen-bond acceptors (Lipinski definition) is 2. The van der Waals surface area contributed by atoms with E-state index in [0.29, 0.717) is 0 Å². The van der Waals surface area contributed by atoms with E-state index in [1.807, 2.05) is 18.2 Å². The first-order valence-electron chi connectivity index (χ1n) is 11.6. The Morgan fingerprint density at radius 1 is 1.04 bits per heavy atom. The summed E-state index contributed by atoms with van der Waals surface area (Å²) in [6.45, 7) is 6.87. The maximum atomic E-state index is 13.2. The number of carbonyl (C=O) groups excluding carboxylic acids is 1. The Kier molecular flexibility index (Phi) is 10.1. The molecule has 28 heavy (non-hydrogen) atoms. The third-order valence-electron chi connectivity index (χ3n) is 6.83. The van der Waals surface area contributed by atoms with Crippen LogP contribution in [0.1, 0.15) is 81.6 Å². The normalized spacial score (nSPS) is 17.8. The number of hydrogen-bond donors (Lipinski definition) is 0. The van der Waals surface area contributed by atoms with Crippen LogP contribution in [0, 0.1) is 23.2 Å². The molecule has 0 saturated carbocycles. The molecule has 0 bridgehead atoms. The molecule has 2 nitrogen and oxygen atoms in total. The van der Waals surface area contributed by atoms with E-state index >= 15 is 0 Å². The molecule has 1 aliphatic rings. The van der Waals surface area contributed by atoms with Gasteiger partial charge in [0.05, 0.1) is 0 Å². The zero-order valence-corrected chi connectivity index (χ0v) is 21.2. The first-order valence-corrected chi connectivity index (χ1v) is 19.7. The summed E-state index contributed by atoms with van der Waals surface area (Å²) in [5.74, 6) is 0.123. The number of nitrogens with zero attached hydrogens (tertiary/aromatic N) is 1. The van der Waals surface area contributed by atoms with Crippen molar-refractivity contribution in [2.75, 3.05) is 0 Å². The average molecular weight is 488 g/mol. The molecule has 1 aromatic carbocycles. The van der Waals surface area contributed by atoms with Crippen LogP contribution >= 0.6 is 0 Å². The second-order valence-corrected chi connectivity index (χ2v) is 22.9. The van der Waals surface area contributed by atoms with Crippen LogP contribution in [-0.2, 0) is 6.42 Å². The molecule has 1 aliphatic carbocycles. The molecule has 1 aromatic rings. The van der Waals surface area contributed by atoms with Gasteiger partial charge in [-0.3, -0.25) is 0 Å². The van der Waals surface area contributed by atoms with Crippen molar-refractivity contribution in [1.82, 2.24) is 0 Å². The molecule has 2 rings (SSSR count). The molecule has 0 spiro atoms. The fourth-order valence-corrected chi connectivity index (χ4v) is 22.2. The predicted molar refractivity (Wildman–Crippen MR) is 121 cm³/mol. The van der Waals surface area contributed by atoms with Crippen molar-refractivity contribution in [3.63, 3.8) is 0 Å². The van der Waals surface area contributed by atoms with Crippen molar-refractivity contribution in [2.24, 2.45) is 11.8 Å². The summed E-state index contributed by atoms with van der Waals surface area (Å²) < 4.78 is 5.37. The Balaban J connectivity index is 2.24. The van der Waals surface area contributed by atoms with E-state index in [-0.39, 0.29) is 17.6 Å². The van der Waals surface area contributed by atoms with E-state index in [4.69, 9.17) is 0 Å². The van der Waals surface area contributed by atoms with Crippen LogP contribution in [-0.4, -0.2) is 24.2 Å². The van der Waals surface area contributed by atoms with Crippen molar-refractivity contribution in [1.29, 1.82) is 5.26 Å². The molecule has 3 heteroatoms. The van der Waals surface area contributed by atoms with Crippen molar-refractivity contribution in [3.8, 4) is 6.07 Å². The van der Waals surface area contributed by atoms with E-state index in [1.165, 1.54) is 57.4 Å². The maximum absolute atomic E-state index is 13.2. The van der Waals surface area contributed by atoms with Crippen LogP contribution in [0.2, 0.25) is 17.7 Å². The van der Waals surface area contributed by atoms with Gasteiger partial charge in [-0.1, -0.05) is 0 Å². The zero-order chi connectivity index (χ0) is 20.4. The van der Waals surface area contributed by atoms with Crippen LogP contribution in [0.3, 0.4) is 0 Å². The van der Waals surface area contributed by atoms with Gasteiger partial charge in [0.1, 0.15) is 0 Å². The van der Waals surface area contributed by atoms with Crippen molar-refractivity contribution in [2.45, 2.75) is 89.9 Å². The van der Waals surface area contributed by atoms with Crippen LogP contribution in [0.4, 0.5) is 0 Å². The number of benzene rings is 1. The van der Waals surface area contributed by atoms with Crippen LogP contribution in [0.5, 0.6) is 0 Å². The van der Waals surface area contributed by atoms with Crippen LogP contribution < -0.4 is 0 Å². The third-order valence-corrected chi connectivity index (χ3v) is 22.7. The topological polar surface area (TPSA) is 40.9 Å². The van der Waals surface area contributed by atoms with E-state index in [2.05, 4.69) is 32.9 Å². The molecule has 0 aromatic heterocycles. The number of ketones is 1. The van der Waals surface area contributed by atoms with Gasteiger partial charge >= 0.3 is 177 Å². The van der Waals surface area contributed by atoms with Gasteiger partial charge in [0.2, 0.25) is 0 Å². The van der Waals surface area contributed by atoms with Gasteiger partial charge < -0.3 is 0 Å². The number of rotatable bonds is 12. The van der Waals surface area contributed by atoms with Gasteiger partial charge in [-0.2, -0.15) is 0 Å². The number of fused-ring (bicyclic) bond motifs is 1. The molecule has 0 heterocycles. The molecule has 0 amide bonds. The minimum absolute atomic E-state index is 0.0535. The number of unbranched alkanes of at least 4 members (excludes halogenated alkanes) is 3. The Morgan fingerprint density at radius 3 is 2.14 bits per heavy atom. The second-order valence-electron chi connectivity index (χ2n) is 8.92. The molecule has 0 saturated heterocycles. The van der Waals surface area contributed by atoms with Crippen molar-refractivity contribution in [3.05, 3.63) is 35.4 Å². The van der Waals surface area contributed by atoms with E-state index in [1.54, 1.807) is 0 Å². The van der Waals surface area contributed by atoms with Gasteiger partial charge in [-0.25, -0.2) is 0 Å².